The quantitative estimate of drug-likeness (QED) is 0.614. The summed E-state index contributed by atoms with van der Waals surface area (Å²) >= 11 is 0. The van der Waals surface area contributed by atoms with Gasteiger partial charge in [-0.15, -0.1) is 0 Å². The largest absolute Gasteiger partial charge is 0.494 e. The highest BCUT2D eigenvalue weighted by Gasteiger charge is 2.26. The second kappa shape index (κ2) is 9.55. The Hall–Kier alpha value is -3.48. The maximum absolute atomic E-state index is 12.8. The van der Waals surface area contributed by atoms with E-state index >= 15 is 0 Å². The Kier molecular flexibility index (Phi) is 6.40. The maximum Gasteiger partial charge on any atom is 0.319 e. The Morgan fingerprint density at radius 3 is 2.55 bits per heavy atom. The van der Waals surface area contributed by atoms with E-state index in [1.807, 2.05) is 60.4 Å². The lowest BCUT2D eigenvalue weighted by Gasteiger charge is -2.31. The van der Waals surface area contributed by atoms with Crippen LogP contribution in [-0.2, 0) is 0 Å². The molecule has 1 aliphatic heterocycles. The monoisotopic (exact) mass is 421 g/mol. The fourth-order valence-corrected chi connectivity index (χ4v) is 3.80. The van der Waals surface area contributed by atoms with Crippen LogP contribution in [0.1, 0.15) is 30.3 Å². The SMILES string of the molecule is CCOc1ccc(NC(=O)NCC2CCN(C(=O)c3cc4ccccc4o3)CC2)cc1. The van der Waals surface area contributed by atoms with Crippen LogP contribution in [0.15, 0.2) is 59.0 Å². The average molecular weight is 421 g/mol. The lowest BCUT2D eigenvalue weighted by Crippen LogP contribution is -2.42. The third kappa shape index (κ3) is 5.17. The molecule has 4 rings (SSSR count). The van der Waals surface area contributed by atoms with Gasteiger partial charge in [0.2, 0.25) is 0 Å². The topological polar surface area (TPSA) is 83.8 Å². The van der Waals surface area contributed by atoms with Crippen molar-refractivity contribution in [3.63, 3.8) is 0 Å². The summed E-state index contributed by atoms with van der Waals surface area (Å²) in [6.07, 6.45) is 1.69. The van der Waals surface area contributed by atoms with E-state index in [1.54, 1.807) is 6.07 Å². The molecule has 0 atom stereocenters. The first-order valence-corrected chi connectivity index (χ1v) is 10.7. The van der Waals surface area contributed by atoms with Crippen molar-refractivity contribution in [2.45, 2.75) is 19.8 Å². The number of amides is 3. The lowest BCUT2D eigenvalue weighted by molar-refractivity contribution is 0.0661. The van der Waals surface area contributed by atoms with Gasteiger partial charge in [0.15, 0.2) is 5.76 Å². The lowest BCUT2D eigenvalue weighted by atomic mass is 9.96. The van der Waals surface area contributed by atoms with Crippen LogP contribution in [-0.4, -0.2) is 43.1 Å². The number of benzene rings is 2. The van der Waals surface area contributed by atoms with Gasteiger partial charge in [-0.25, -0.2) is 4.79 Å². The minimum atomic E-state index is -0.232. The second-order valence-corrected chi connectivity index (χ2v) is 7.68. The number of carbonyl (C=O) groups is 2. The molecule has 1 aliphatic rings. The zero-order valence-corrected chi connectivity index (χ0v) is 17.6. The Balaban J connectivity index is 1.21. The number of nitrogens with one attached hydrogen (secondary N) is 2. The number of rotatable bonds is 6. The molecule has 31 heavy (non-hydrogen) atoms. The zero-order valence-electron chi connectivity index (χ0n) is 17.6. The molecule has 0 aliphatic carbocycles. The number of para-hydroxylation sites is 1. The first kappa shape index (κ1) is 20.8. The molecule has 0 spiro atoms. The predicted octanol–water partition coefficient (Wildman–Crippen LogP) is 4.51. The van der Waals surface area contributed by atoms with E-state index in [0.29, 0.717) is 43.6 Å². The number of ether oxygens (including phenoxy) is 1. The average Bonchev–Trinajstić information content (AvgIpc) is 3.23. The Morgan fingerprint density at radius 2 is 1.84 bits per heavy atom. The van der Waals surface area contributed by atoms with E-state index in [9.17, 15) is 9.59 Å². The van der Waals surface area contributed by atoms with Gasteiger partial charge < -0.3 is 24.7 Å². The summed E-state index contributed by atoms with van der Waals surface area (Å²) in [7, 11) is 0. The van der Waals surface area contributed by atoms with Gasteiger partial charge in [-0.2, -0.15) is 0 Å². The number of carbonyl (C=O) groups excluding carboxylic acids is 2. The van der Waals surface area contributed by atoms with Crippen LogP contribution in [0, 0.1) is 5.92 Å². The standard InChI is InChI=1S/C24H27N3O4/c1-2-30-20-9-7-19(8-10-20)26-24(29)25-16-17-11-13-27(14-12-17)23(28)22-15-18-5-3-4-6-21(18)31-22/h3-10,15,17H,2,11-14,16H2,1H3,(H2,25,26,29). The molecule has 7 nitrogen and oxygen atoms in total. The maximum atomic E-state index is 12.8. The fraction of sp³-hybridized carbons (Fsp3) is 0.333. The smallest absolute Gasteiger partial charge is 0.319 e. The number of furan rings is 1. The number of likely N-dealkylation sites (tertiary alicyclic amines) is 1. The van der Waals surface area contributed by atoms with Crippen molar-refractivity contribution in [2.75, 3.05) is 31.6 Å². The van der Waals surface area contributed by atoms with Crippen molar-refractivity contribution < 1.29 is 18.7 Å². The van der Waals surface area contributed by atoms with Gasteiger partial charge in [0.05, 0.1) is 6.61 Å². The molecule has 162 valence electrons. The van der Waals surface area contributed by atoms with Crippen molar-refractivity contribution in [1.82, 2.24) is 10.2 Å². The van der Waals surface area contributed by atoms with Crippen LogP contribution in [0.25, 0.3) is 11.0 Å². The van der Waals surface area contributed by atoms with E-state index in [0.717, 1.165) is 29.6 Å². The van der Waals surface area contributed by atoms with Gasteiger partial charge in [0.1, 0.15) is 11.3 Å². The van der Waals surface area contributed by atoms with E-state index in [4.69, 9.17) is 9.15 Å². The summed E-state index contributed by atoms with van der Waals surface area (Å²) in [4.78, 5) is 26.8. The molecule has 1 saturated heterocycles. The minimum absolute atomic E-state index is 0.0733. The van der Waals surface area contributed by atoms with Crippen LogP contribution >= 0.6 is 0 Å². The van der Waals surface area contributed by atoms with Gasteiger partial charge in [0, 0.05) is 30.7 Å². The fourth-order valence-electron chi connectivity index (χ4n) is 3.80. The molecule has 0 unspecified atom stereocenters. The third-order valence-electron chi connectivity index (χ3n) is 5.51. The number of hydrogen-bond acceptors (Lipinski definition) is 4. The number of fused-ring (bicyclic) bond motifs is 1. The summed E-state index contributed by atoms with van der Waals surface area (Å²) in [5.41, 5.74) is 1.44. The van der Waals surface area contributed by atoms with Crippen LogP contribution in [0.5, 0.6) is 5.75 Å². The number of anilines is 1. The third-order valence-corrected chi connectivity index (χ3v) is 5.51. The first-order valence-electron chi connectivity index (χ1n) is 10.7. The van der Waals surface area contributed by atoms with Crippen LogP contribution in [0.4, 0.5) is 10.5 Å². The summed E-state index contributed by atoms with van der Waals surface area (Å²) in [6, 6.07) is 16.5. The molecule has 2 aromatic carbocycles. The molecule has 2 N–H and O–H groups in total. The molecular weight excluding hydrogens is 394 g/mol. The van der Waals surface area contributed by atoms with E-state index < -0.39 is 0 Å². The zero-order chi connectivity index (χ0) is 21.6. The van der Waals surface area contributed by atoms with Crippen molar-refractivity contribution in [2.24, 2.45) is 5.92 Å². The number of urea groups is 1. The summed E-state index contributed by atoms with van der Waals surface area (Å²) in [5, 5.41) is 6.69. The summed E-state index contributed by atoms with van der Waals surface area (Å²) in [5.74, 6) is 1.42. The molecule has 1 aromatic heterocycles. The van der Waals surface area contributed by atoms with Gasteiger partial charge in [0.25, 0.3) is 5.91 Å². The highest BCUT2D eigenvalue weighted by Crippen LogP contribution is 2.23. The highest BCUT2D eigenvalue weighted by molar-refractivity contribution is 5.96. The van der Waals surface area contributed by atoms with Crippen molar-refractivity contribution in [3.8, 4) is 5.75 Å². The molecule has 0 radical (unpaired) electrons. The molecule has 0 saturated carbocycles. The second-order valence-electron chi connectivity index (χ2n) is 7.68. The Morgan fingerprint density at radius 1 is 1.10 bits per heavy atom. The Bertz CT molecular complexity index is 1000. The Labute approximate surface area is 181 Å². The van der Waals surface area contributed by atoms with E-state index in [2.05, 4.69) is 10.6 Å². The molecular formula is C24H27N3O4. The minimum Gasteiger partial charge on any atom is -0.494 e. The first-order chi connectivity index (χ1) is 15.1. The van der Waals surface area contributed by atoms with Crippen molar-refractivity contribution in [3.05, 3.63) is 60.4 Å². The van der Waals surface area contributed by atoms with E-state index in [1.165, 1.54) is 0 Å². The number of piperidine rings is 1. The number of nitrogens with zero attached hydrogens (tertiary/aromatic N) is 1. The van der Waals surface area contributed by atoms with Crippen molar-refractivity contribution in [1.29, 1.82) is 0 Å². The summed E-state index contributed by atoms with van der Waals surface area (Å²) in [6.45, 7) is 4.43. The van der Waals surface area contributed by atoms with Gasteiger partial charge in [-0.3, -0.25) is 4.79 Å². The van der Waals surface area contributed by atoms with Gasteiger partial charge in [-0.1, -0.05) is 18.2 Å². The van der Waals surface area contributed by atoms with Gasteiger partial charge in [-0.05, 0) is 62.1 Å². The normalized spacial score (nSPS) is 14.4. The van der Waals surface area contributed by atoms with Crippen LogP contribution in [0.3, 0.4) is 0 Å². The molecule has 0 bridgehead atoms. The van der Waals surface area contributed by atoms with E-state index in [-0.39, 0.29) is 11.9 Å². The molecule has 1 fully saturated rings. The molecule has 7 heteroatoms. The van der Waals surface area contributed by atoms with Crippen molar-refractivity contribution >= 4 is 28.6 Å². The predicted molar refractivity (Wildman–Crippen MR) is 119 cm³/mol. The molecule has 3 aromatic rings. The van der Waals surface area contributed by atoms with Gasteiger partial charge >= 0.3 is 6.03 Å². The summed E-state index contributed by atoms with van der Waals surface area (Å²) < 4.78 is 11.1. The molecule has 3 amide bonds. The molecule has 2 heterocycles. The van der Waals surface area contributed by atoms with Crippen LogP contribution < -0.4 is 15.4 Å². The van der Waals surface area contributed by atoms with Crippen LogP contribution in [0.2, 0.25) is 0 Å². The highest BCUT2D eigenvalue weighted by atomic mass is 16.5. The number of hydrogen-bond donors (Lipinski definition) is 2.